The lowest BCUT2D eigenvalue weighted by molar-refractivity contribution is 0.413. The Hall–Kier alpha value is -3.22. The molecule has 2 aromatic carbocycles. The molecule has 0 aromatic heterocycles. The predicted molar refractivity (Wildman–Crippen MR) is 86.6 cm³/mol. The zero-order valence-electron chi connectivity index (χ0n) is 12.1. The quantitative estimate of drug-likeness (QED) is 0.586. The molecule has 0 spiro atoms. The number of hydrogen-bond donors (Lipinski definition) is 3. The van der Waals surface area contributed by atoms with Gasteiger partial charge in [0.2, 0.25) is 5.96 Å². The van der Waals surface area contributed by atoms with Crippen LogP contribution in [0.4, 0.5) is 5.69 Å². The first kappa shape index (κ1) is 15.2. The molecule has 7 nitrogen and oxygen atoms in total. The Labute approximate surface area is 128 Å². The number of ether oxygens (including phenoxy) is 2. The summed E-state index contributed by atoms with van der Waals surface area (Å²) < 4.78 is 10.8. The van der Waals surface area contributed by atoms with Gasteiger partial charge < -0.3 is 26.7 Å². The van der Waals surface area contributed by atoms with E-state index in [-0.39, 0.29) is 11.9 Å². The Bertz CT molecular complexity index is 674. The number of nitrogens with zero attached hydrogens (tertiary/aromatic N) is 2. The lowest BCUT2D eigenvalue weighted by atomic mass is 10.3. The van der Waals surface area contributed by atoms with Gasteiger partial charge in [-0.05, 0) is 48.5 Å². The van der Waals surface area contributed by atoms with Crippen molar-refractivity contribution in [2.45, 2.75) is 0 Å². The summed E-state index contributed by atoms with van der Waals surface area (Å²) in [6.45, 7) is 0. The number of rotatable bonds is 4. The van der Waals surface area contributed by atoms with Crippen LogP contribution in [0.2, 0.25) is 0 Å². The van der Waals surface area contributed by atoms with Crippen LogP contribution in [0.5, 0.6) is 17.2 Å². The Morgan fingerprint density at radius 3 is 1.82 bits per heavy atom. The van der Waals surface area contributed by atoms with E-state index in [1.165, 1.54) is 0 Å². The number of benzene rings is 2. The molecule has 0 saturated carbocycles. The highest BCUT2D eigenvalue weighted by molar-refractivity contribution is 5.93. The second-order valence-electron chi connectivity index (χ2n) is 4.28. The highest BCUT2D eigenvalue weighted by atomic mass is 16.5. The van der Waals surface area contributed by atoms with Gasteiger partial charge in [-0.15, -0.1) is 0 Å². The van der Waals surface area contributed by atoms with Crippen LogP contribution in [0.3, 0.4) is 0 Å². The molecule has 0 aliphatic heterocycles. The summed E-state index contributed by atoms with van der Waals surface area (Å²) in [4.78, 5) is 7.68. The maximum absolute atomic E-state index is 5.70. The van der Waals surface area contributed by atoms with Crippen molar-refractivity contribution in [3.05, 3.63) is 48.5 Å². The molecule has 0 aliphatic carbocycles. The molecule has 0 aliphatic rings. The van der Waals surface area contributed by atoms with Crippen molar-refractivity contribution < 1.29 is 9.47 Å². The van der Waals surface area contributed by atoms with Gasteiger partial charge in [0.25, 0.3) is 0 Å². The highest BCUT2D eigenvalue weighted by Gasteiger charge is 1.99. The monoisotopic (exact) mass is 299 g/mol. The van der Waals surface area contributed by atoms with E-state index >= 15 is 0 Å². The van der Waals surface area contributed by atoms with Gasteiger partial charge in [-0.25, -0.2) is 4.99 Å². The zero-order chi connectivity index (χ0) is 15.9. The SMILES string of the molecule is COc1ccc(Oc2ccc(N=C(N)N=C(N)N)cc2)cc1. The maximum atomic E-state index is 5.70. The summed E-state index contributed by atoms with van der Waals surface area (Å²) in [6.07, 6.45) is 0. The van der Waals surface area contributed by atoms with E-state index in [1.807, 2.05) is 24.3 Å². The average molecular weight is 299 g/mol. The molecular weight excluding hydrogens is 282 g/mol. The highest BCUT2D eigenvalue weighted by Crippen LogP contribution is 2.25. The summed E-state index contributed by atoms with van der Waals surface area (Å²) in [7, 11) is 1.61. The molecule has 0 amide bonds. The number of hydrogen-bond acceptors (Lipinski definition) is 3. The van der Waals surface area contributed by atoms with E-state index in [2.05, 4.69) is 9.98 Å². The standard InChI is InChI=1S/C15H17N5O2/c1-21-11-6-8-13(9-7-11)22-12-4-2-10(3-5-12)19-15(18)20-14(16)17/h2-9H,1H3,(H6,16,17,18,19,20). The molecule has 7 heteroatoms. The molecule has 0 atom stereocenters. The average Bonchev–Trinajstić information content (AvgIpc) is 2.49. The Balaban J connectivity index is 2.06. The first-order valence-corrected chi connectivity index (χ1v) is 6.42. The molecule has 0 unspecified atom stereocenters. The summed E-state index contributed by atoms with van der Waals surface area (Å²) in [6, 6.07) is 14.3. The minimum Gasteiger partial charge on any atom is -0.497 e. The van der Waals surface area contributed by atoms with Gasteiger partial charge in [-0.3, -0.25) is 0 Å². The Morgan fingerprint density at radius 2 is 1.32 bits per heavy atom. The van der Waals surface area contributed by atoms with Gasteiger partial charge in [0, 0.05) is 0 Å². The summed E-state index contributed by atoms with van der Waals surface area (Å²) >= 11 is 0. The van der Waals surface area contributed by atoms with Gasteiger partial charge >= 0.3 is 0 Å². The first-order chi connectivity index (χ1) is 10.6. The van der Waals surface area contributed by atoms with Gasteiger partial charge in [-0.1, -0.05) is 0 Å². The van der Waals surface area contributed by atoms with Crippen molar-refractivity contribution in [1.29, 1.82) is 0 Å². The minimum absolute atomic E-state index is 0.0103. The molecule has 0 bridgehead atoms. The molecule has 0 radical (unpaired) electrons. The van der Waals surface area contributed by atoms with Crippen LogP contribution in [0, 0.1) is 0 Å². The topological polar surface area (TPSA) is 121 Å². The fourth-order valence-electron chi connectivity index (χ4n) is 1.66. The van der Waals surface area contributed by atoms with Gasteiger partial charge in [-0.2, -0.15) is 4.99 Å². The van der Waals surface area contributed by atoms with Crippen molar-refractivity contribution in [3.63, 3.8) is 0 Å². The molecule has 114 valence electrons. The number of aliphatic imine (C=N–C) groups is 2. The molecular formula is C15H17N5O2. The molecule has 0 fully saturated rings. The van der Waals surface area contributed by atoms with Gasteiger partial charge in [0.15, 0.2) is 5.96 Å². The fraction of sp³-hybridized carbons (Fsp3) is 0.0667. The summed E-state index contributed by atoms with van der Waals surface area (Å²) in [5.74, 6) is 2.00. The molecule has 6 N–H and O–H groups in total. The first-order valence-electron chi connectivity index (χ1n) is 6.42. The third kappa shape index (κ3) is 4.41. The van der Waals surface area contributed by atoms with Crippen LogP contribution < -0.4 is 26.7 Å². The van der Waals surface area contributed by atoms with Crippen LogP contribution in [0.15, 0.2) is 58.5 Å². The van der Waals surface area contributed by atoms with Crippen molar-refractivity contribution >= 4 is 17.6 Å². The molecule has 2 rings (SSSR count). The van der Waals surface area contributed by atoms with Crippen molar-refractivity contribution in [1.82, 2.24) is 0 Å². The van der Waals surface area contributed by atoms with Crippen LogP contribution in [0.25, 0.3) is 0 Å². The second kappa shape index (κ2) is 6.98. The second-order valence-corrected chi connectivity index (χ2v) is 4.28. The molecule has 22 heavy (non-hydrogen) atoms. The Morgan fingerprint density at radius 1 is 0.818 bits per heavy atom. The lowest BCUT2D eigenvalue weighted by Gasteiger charge is -2.06. The molecule has 2 aromatic rings. The van der Waals surface area contributed by atoms with Crippen molar-refractivity contribution in [2.24, 2.45) is 27.2 Å². The number of methoxy groups -OCH3 is 1. The molecule has 0 heterocycles. The summed E-state index contributed by atoms with van der Waals surface area (Å²) in [5, 5.41) is 0. The van der Waals surface area contributed by atoms with Gasteiger partial charge in [0.05, 0.1) is 12.8 Å². The third-order valence-corrected chi connectivity index (χ3v) is 2.62. The van der Waals surface area contributed by atoms with E-state index < -0.39 is 0 Å². The lowest BCUT2D eigenvalue weighted by Crippen LogP contribution is -2.26. The normalized spacial score (nSPS) is 10.9. The van der Waals surface area contributed by atoms with Crippen LogP contribution in [-0.4, -0.2) is 19.0 Å². The predicted octanol–water partition coefficient (Wildman–Crippen LogP) is 1.71. The van der Waals surface area contributed by atoms with Crippen LogP contribution >= 0.6 is 0 Å². The number of nitrogens with two attached hydrogens (primary N) is 3. The third-order valence-electron chi connectivity index (χ3n) is 2.62. The smallest absolute Gasteiger partial charge is 0.223 e. The zero-order valence-corrected chi connectivity index (χ0v) is 12.1. The van der Waals surface area contributed by atoms with Crippen LogP contribution in [-0.2, 0) is 0 Å². The van der Waals surface area contributed by atoms with Crippen LogP contribution in [0.1, 0.15) is 0 Å². The number of guanidine groups is 2. The maximum Gasteiger partial charge on any atom is 0.223 e. The van der Waals surface area contributed by atoms with Crippen molar-refractivity contribution in [2.75, 3.05) is 7.11 Å². The largest absolute Gasteiger partial charge is 0.497 e. The Kier molecular flexibility index (Phi) is 4.81. The van der Waals surface area contributed by atoms with E-state index in [0.717, 1.165) is 5.75 Å². The fourth-order valence-corrected chi connectivity index (χ4v) is 1.66. The van der Waals surface area contributed by atoms with E-state index in [1.54, 1.807) is 31.4 Å². The van der Waals surface area contributed by atoms with E-state index in [9.17, 15) is 0 Å². The van der Waals surface area contributed by atoms with E-state index in [4.69, 9.17) is 26.7 Å². The van der Waals surface area contributed by atoms with Gasteiger partial charge in [0.1, 0.15) is 17.2 Å². The molecule has 0 saturated heterocycles. The summed E-state index contributed by atoms with van der Waals surface area (Å²) in [5.41, 5.74) is 16.6. The van der Waals surface area contributed by atoms with E-state index in [0.29, 0.717) is 17.2 Å². The minimum atomic E-state index is -0.138. The van der Waals surface area contributed by atoms with Crippen molar-refractivity contribution in [3.8, 4) is 17.2 Å².